The van der Waals surface area contributed by atoms with E-state index in [0.717, 1.165) is 0 Å². The Balaban J connectivity index is 1.79. The number of anilines is 1. The van der Waals surface area contributed by atoms with Gasteiger partial charge in [0.2, 0.25) is 11.8 Å². The normalized spacial score (nSPS) is 20.3. The highest BCUT2D eigenvalue weighted by Gasteiger charge is 2.27. The van der Waals surface area contributed by atoms with Crippen molar-refractivity contribution in [3.63, 3.8) is 0 Å². The Hall–Kier alpha value is -1.83. The molecule has 2 amide bonds. The van der Waals surface area contributed by atoms with E-state index >= 15 is 0 Å². The fourth-order valence-electron chi connectivity index (χ4n) is 2.43. The lowest BCUT2D eigenvalue weighted by atomic mass is 10.1. The smallest absolute Gasteiger partial charge is 0.239 e. The summed E-state index contributed by atoms with van der Waals surface area (Å²) < 4.78 is 10.6. The number of carbonyl (C=O) groups is 2. The van der Waals surface area contributed by atoms with Crippen LogP contribution >= 0.6 is 11.6 Å². The van der Waals surface area contributed by atoms with E-state index in [1.54, 1.807) is 18.2 Å². The van der Waals surface area contributed by atoms with E-state index in [4.69, 9.17) is 21.1 Å². The highest BCUT2D eigenvalue weighted by molar-refractivity contribution is 6.31. The molecule has 1 saturated heterocycles. The SMILES string of the molecule is COc1ccc(Cl)cc1NC(=O)CCNC(=O)[C@H]1NCCO[C@@H]1C. The summed E-state index contributed by atoms with van der Waals surface area (Å²) in [5.74, 6) is 0.112. The van der Waals surface area contributed by atoms with Crippen molar-refractivity contribution in [1.29, 1.82) is 0 Å². The Morgan fingerprint density at radius 3 is 2.96 bits per heavy atom. The molecule has 3 N–H and O–H groups in total. The van der Waals surface area contributed by atoms with E-state index in [1.807, 2.05) is 6.92 Å². The summed E-state index contributed by atoms with van der Waals surface area (Å²) in [5, 5.41) is 9.06. The van der Waals surface area contributed by atoms with Crippen LogP contribution in [0.25, 0.3) is 0 Å². The van der Waals surface area contributed by atoms with Gasteiger partial charge in [-0.25, -0.2) is 0 Å². The Morgan fingerprint density at radius 2 is 2.25 bits per heavy atom. The fraction of sp³-hybridized carbons (Fsp3) is 0.500. The Kier molecular flexibility index (Phi) is 6.84. The number of hydrogen-bond donors (Lipinski definition) is 3. The van der Waals surface area contributed by atoms with Crippen LogP contribution in [0, 0.1) is 0 Å². The quantitative estimate of drug-likeness (QED) is 0.713. The zero-order valence-corrected chi connectivity index (χ0v) is 14.5. The van der Waals surface area contributed by atoms with Crippen LogP contribution in [0.3, 0.4) is 0 Å². The molecule has 1 aliphatic heterocycles. The van der Waals surface area contributed by atoms with Crippen molar-refractivity contribution < 1.29 is 19.1 Å². The highest BCUT2D eigenvalue weighted by Crippen LogP contribution is 2.27. The fourth-order valence-corrected chi connectivity index (χ4v) is 2.60. The van der Waals surface area contributed by atoms with E-state index in [9.17, 15) is 9.59 Å². The topological polar surface area (TPSA) is 88.7 Å². The van der Waals surface area contributed by atoms with Gasteiger partial charge < -0.3 is 25.4 Å². The monoisotopic (exact) mass is 355 g/mol. The predicted molar refractivity (Wildman–Crippen MR) is 91.5 cm³/mol. The number of hydrogen-bond acceptors (Lipinski definition) is 5. The number of methoxy groups -OCH3 is 1. The summed E-state index contributed by atoms with van der Waals surface area (Å²) in [5.41, 5.74) is 0.497. The minimum atomic E-state index is -0.394. The standard InChI is InChI=1S/C16H22ClN3O4/c1-10-15(18-7-8-24-10)16(22)19-6-5-14(21)20-12-9-11(17)3-4-13(12)23-2/h3-4,9-10,15,18H,5-8H2,1-2H3,(H,19,22)(H,20,21)/t10-,15+/m1/s1. The lowest BCUT2D eigenvalue weighted by Gasteiger charge is -2.29. The molecule has 1 aliphatic rings. The van der Waals surface area contributed by atoms with Crippen molar-refractivity contribution in [2.24, 2.45) is 0 Å². The van der Waals surface area contributed by atoms with E-state index in [0.29, 0.717) is 29.6 Å². The number of benzene rings is 1. The van der Waals surface area contributed by atoms with Crippen LogP contribution in [0.15, 0.2) is 18.2 Å². The molecule has 0 radical (unpaired) electrons. The second-order valence-electron chi connectivity index (χ2n) is 5.44. The summed E-state index contributed by atoms with van der Waals surface area (Å²) in [6, 6.07) is 4.57. The van der Waals surface area contributed by atoms with Crippen LogP contribution in [0.2, 0.25) is 5.02 Å². The van der Waals surface area contributed by atoms with Gasteiger partial charge in [0.15, 0.2) is 0 Å². The zero-order chi connectivity index (χ0) is 17.5. The van der Waals surface area contributed by atoms with Crippen molar-refractivity contribution in [1.82, 2.24) is 10.6 Å². The zero-order valence-electron chi connectivity index (χ0n) is 13.7. The minimum absolute atomic E-state index is 0.142. The summed E-state index contributed by atoms with van der Waals surface area (Å²) in [6.07, 6.45) is -0.0492. The molecule has 7 nitrogen and oxygen atoms in total. The number of amides is 2. The van der Waals surface area contributed by atoms with Gasteiger partial charge in [-0.05, 0) is 25.1 Å². The van der Waals surface area contributed by atoms with E-state index in [2.05, 4.69) is 16.0 Å². The van der Waals surface area contributed by atoms with E-state index in [-0.39, 0.29) is 30.9 Å². The molecule has 2 rings (SSSR count). The lowest BCUT2D eigenvalue weighted by Crippen LogP contribution is -2.55. The molecule has 1 fully saturated rings. The average Bonchev–Trinajstić information content (AvgIpc) is 2.55. The second kappa shape index (κ2) is 8.86. The van der Waals surface area contributed by atoms with Crippen molar-refractivity contribution in [3.05, 3.63) is 23.2 Å². The van der Waals surface area contributed by atoms with Crippen molar-refractivity contribution in [2.45, 2.75) is 25.5 Å². The molecular weight excluding hydrogens is 334 g/mol. The molecule has 0 aromatic heterocycles. The van der Waals surface area contributed by atoms with Crippen LogP contribution in [0.1, 0.15) is 13.3 Å². The molecule has 0 bridgehead atoms. The van der Waals surface area contributed by atoms with Gasteiger partial charge in [0, 0.05) is 24.5 Å². The van der Waals surface area contributed by atoms with Crippen LogP contribution in [-0.4, -0.2) is 50.8 Å². The molecule has 8 heteroatoms. The Bertz CT molecular complexity index is 597. The third-order valence-corrected chi connectivity index (χ3v) is 3.92. The molecule has 0 saturated carbocycles. The molecule has 132 valence electrons. The molecule has 1 aromatic carbocycles. The van der Waals surface area contributed by atoms with Gasteiger partial charge >= 0.3 is 0 Å². The largest absolute Gasteiger partial charge is 0.495 e. The van der Waals surface area contributed by atoms with Crippen molar-refractivity contribution in [2.75, 3.05) is 32.1 Å². The predicted octanol–water partition coefficient (Wildman–Crippen LogP) is 1.17. The Labute approximate surface area is 146 Å². The summed E-state index contributed by atoms with van der Waals surface area (Å²) in [7, 11) is 1.51. The van der Waals surface area contributed by atoms with Gasteiger partial charge in [0.05, 0.1) is 25.5 Å². The third-order valence-electron chi connectivity index (χ3n) is 3.69. The maximum atomic E-state index is 12.1. The molecular formula is C16H22ClN3O4. The van der Waals surface area contributed by atoms with Gasteiger partial charge in [0.25, 0.3) is 0 Å². The van der Waals surface area contributed by atoms with E-state index < -0.39 is 6.04 Å². The van der Waals surface area contributed by atoms with Gasteiger partial charge in [-0.15, -0.1) is 0 Å². The van der Waals surface area contributed by atoms with Crippen molar-refractivity contribution >= 4 is 29.1 Å². The maximum Gasteiger partial charge on any atom is 0.239 e. The molecule has 0 spiro atoms. The van der Waals surface area contributed by atoms with Gasteiger partial charge in [-0.1, -0.05) is 11.6 Å². The summed E-state index contributed by atoms with van der Waals surface area (Å²) >= 11 is 5.92. The molecule has 0 unspecified atom stereocenters. The molecule has 0 aliphatic carbocycles. The number of nitrogens with one attached hydrogen (secondary N) is 3. The lowest BCUT2D eigenvalue weighted by molar-refractivity contribution is -0.128. The molecule has 2 atom stereocenters. The number of ether oxygens (including phenoxy) is 2. The first kappa shape index (κ1) is 18.5. The summed E-state index contributed by atoms with van der Waals surface area (Å²) in [4.78, 5) is 24.1. The number of halogens is 1. The van der Waals surface area contributed by atoms with Gasteiger partial charge in [-0.2, -0.15) is 0 Å². The van der Waals surface area contributed by atoms with E-state index in [1.165, 1.54) is 7.11 Å². The van der Waals surface area contributed by atoms with Gasteiger partial charge in [-0.3, -0.25) is 9.59 Å². The Morgan fingerprint density at radius 1 is 1.46 bits per heavy atom. The number of morpholine rings is 1. The number of carbonyl (C=O) groups excluding carboxylic acids is 2. The maximum absolute atomic E-state index is 12.1. The first-order valence-corrected chi connectivity index (χ1v) is 8.15. The molecule has 24 heavy (non-hydrogen) atoms. The summed E-state index contributed by atoms with van der Waals surface area (Å²) in [6.45, 7) is 3.30. The van der Waals surface area contributed by atoms with Gasteiger partial charge in [0.1, 0.15) is 11.8 Å². The third kappa shape index (κ3) is 5.09. The van der Waals surface area contributed by atoms with Crippen LogP contribution < -0.4 is 20.7 Å². The van der Waals surface area contributed by atoms with Crippen LogP contribution in [-0.2, 0) is 14.3 Å². The molecule has 1 aromatic rings. The van der Waals surface area contributed by atoms with Crippen molar-refractivity contribution in [3.8, 4) is 5.75 Å². The van der Waals surface area contributed by atoms with Crippen LogP contribution in [0.5, 0.6) is 5.75 Å². The highest BCUT2D eigenvalue weighted by atomic mass is 35.5. The van der Waals surface area contributed by atoms with Crippen LogP contribution in [0.4, 0.5) is 5.69 Å². The average molecular weight is 356 g/mol. The first-order valence-electron chi connectivity index (χ1n) is 7.77. The molecule has 1 heterocycles. The second-order valence-corrected chi connectivity index (χ2v) is 5.88. The first-order chi connectivity index (χ1) is 11.5. The minimum Gasteiger partial charge on any atom is -0.495 e. The number of rotatable bonds is 6.